The SMILES string of the molecule is Cl.O=C(NCCCN1CCNCC1)c1cc2ccccc2c(=O)[nH]1. The lowest BCUT2D eigenvalue weighted by molar-refractivity contribution is 0.0946. The Morgan fingerprint density at radius 3 is 2.75 bits per heavy atom. The first kappa shape index (κ1) is 18.4. The number of nitrogens with one attached hydrogen (secondary N) is 3. The molecular weight excluding hydrogens is 328 g/mol. The van der Waals surface area contributed by atoms with E-state index in [0.717, 1.165) is 44.5 Å². The molecule has 3 N–H and O–H groups in total. The van der Waals surface area contributed by atoms with Crippen molar-refractivity contribution in [3.05, 3.63) is 46.4 Å². The average Bonchev–Trinajstić information content (AvgIpc) is 2.59. The number of fused-ring (bicyclic) bond motifs is 1. The van der Waals surface area contributed by atoms with Crippen LogP contribution in [0.3, 0.4) is 0 Å². The second-order valence-electron chi connectivity index (χ2n) is 5.80. The fourth-order valence-electron chi connectivity index (χ4n) is 2.87. The number of carbonyl (C=O) groups is 1. The van der Waals surface area contributed by atoms with Crippen molar-refractivity contribution in [2.45, 2.75) is 6.42 Å². The number of aromatic nitrogens is 1. The number of aromatic amines is 1. The summed E-state index contributed by atoms with van der Waals surface area (Å²) in [6, 6.07) is 8.99. The van der Waals surface area contributed by atoms with Gasteiger partial charge in [0.1, 0.15) is 5.69 Å². The Balaban J connectivity index is 0.00000208. The third-order valence-corrected chi connectivity index (χ3v) is 4.14. The average molecular weight is 351 g/mol. The Morgan fingerprint density at radius 1 is 1.21 bits per heavy atom. The molecule has 2 aromatic rings. The molecule has 0 aliphatic carbocycles. The smallest absolute Gasteiger partial charge is 0.267 e. The molecule has 0 bridgehead atoms. The molecule has 0 radical (unpaired) electrons. The number of hydrogen-bond acceptors (Lipinski definition) is 4. The van der Waals surface area contributed by atoms with Crippen LogP contribution in [0.15, 0.2) is 35.1 Å². The minimum atomic E-state index is -0.229. The Hall–Kier alpha value is -1.89. The summed E-state index contributed by atoms with van der Waals surface area (Å²) in [6.07, 6.45) is 0.906. The molecule has 0 atom stereocenters. The Bertz CT molecular complexity index is 741. The number of nitrogens with zero attached hydrogens (tertiary/aromatic N) is 1. The van der Waals surface area contributed by atoms with Crippen molar-refractivity contribution < 1.29 is 4.79 Å². The van der Waals surface area contributed by atoms with E-state index in [1.165, 1.54) is 0 Å². The summed E-state index contributed by atoms with van der Waals surface area (Å²) in [7, 11) is 0. The summed E-state index contributed by atoms with van der Waals surface area (Å²) in [6.45, 7) is 5.78. The fraction of sp³-hybridized carbons (Fsp3) is 0.412. The molecular formula is C17H23ClN4O2. The Morgan fingerprint density at radius 2 is 1.96 bits per heavy atom. The molecule has 1 aliphatic rings. The predicted molar refractivity (Wildman–Crippen MR) is 98.1 cm³/mol. The van der Waals surface area contributed by atoms with Gasteiger partial charge in [-0.25, -0.2) is 0 Å². The highest BCUT2D eigenvalue weighted by atomic mass is 35.5. The third kappa shape index (κ3) is 4.56. The van der Waals surface area contributed by atoms with Crippen LogP contribution in [0.25, 0.3) is 10.8 Å². The van der Waals surface area contributed by atoms with E-state index in [2.05, 4.69) is 20.5 Å². The third-order valence-electron chi connectivity index (χ3n) is 4.14. The van der Waals surface area contributed by atoms with Gasteiger partial charge in [0.2, 0.25) is 0 Å². The number of rotatable bonds is 5. The zero-order valence-electron chi connectivity index (χ0n) is 13.5. The van der Waals surface area contributed by atoms with Gasteiger partial charge < -0.3 is 20.5 Å². The van der Waals surface area contributed by atoms with Crippen LogP contribution in [0.1, 0.15) is 16.9 Å². The topological polar surface area (TPSA) is 77.2 Å². The standard InChI is InChI=1S/C17H22N4O2.ClH/c22-16-14-5-2-1-4-13(14)12-15(20-16)17(23)19-6-3-9-21-10-7-18-8-11-21;/h1-2,4-5,12,18H,3,6-11H2,(H,19,23)(H,20,22);1H. The second kappa shape index (κ2) is 8.82. The van der Waals surface area contributed by atoms with Crippen molar-refractivity contribution in [3.63, 3.8) is 0 Å². The van der Waals surface area contributed by atoms with E-state index in [-0.39, 0.29) is 23.9 Å². The molecule has 7 heteroatoms. The quantitative estimate of drug-likeness (QED) is 0.702. The van der Waals surface area contributed by atoms with E-state index in [1.807, 2.05) is 18.2 Å². The number of piperazine rings is 1. The van der Waals surface area contributed by atoms with Crippen molar-refractivity contribution >= 4 is 29.1 Å². The van der Waals surface area contributed by atoms with Gasteiger partial charge >= 0.3 is 0 Å². The maximum absolute atomic E-state index is 12.2. The Labute approximate surface area is 147 Å². The van der Waals surface area contributed by atoms with E-state index in [0.29, 0.717) is 17.6 Å². The van der Waals surface area contributed by atoms with E-state index in [9.17, 15) is 9.59 Å². The highest BCUT2D eigenvalue weighted by molar-refractivity contribution is 5.96. The first-order valence-corrected chi connectivity index (χ1v) is 8.07. The molecule has 3 rings (SSSR count). The van der Waals surface area contributed by atoms with Gasteiger partial charge in [0.05, 0.1) is 0 Å². The summed E-state index contributed by atoms with van der Waals surface area (Å²) in [5.41, 5.74) is 0.0879. The van der Waals surface area contributed by atoms with Gasteiger partial charge in [-0.3, -0.25) is 9.59 Å². The van der Waals surface area contributed by atoms with Crippen molar-refractivity contribution in [1.29, 1.82) is 0 Å². The number of hydrogen-bond donors (Lipinski definition) is 3. The normalized spacial score (nSPS) is 15.0. The molecule has 1 aromatic carbocycles. The first-order valence-electron chi connectivity index (χ1n) is 8.07. The zero-order valence-corrected chi connectivity index (χ0v) is 14.3. The first-order chi connectivity index (χ1) is 11.2. The van der Waals surface area contributed by atoms with Gasteiger partial charge in [-0.1, -0.05) is 18.2 Å². The number of benzene rings is 1. The van der Waals surface area contributed by atoms with Crippen LogP contribution in [0, 0.1) is 0 Å². The summed E-state index contributed by atoms with van der Waals surface area (Å²) >= 11 is 0. The van der Waals surface area contributed by atoms with Crippen molar-refractivity contribution in [2.75, 3.05) is 39.3 Å². The predicted octanol–water partition coefficient (Wildman–Crippen LogP) is 0.975. The highest BCUT2D eigenvalue weighted by Crippen LogP contribution is 2.09. The molecule has 1 aliphatic heterocycles. The minimum absolute atomic E-state index is 0. The van der Waals surface area contributed by atoms with Gasteiger partial charge in [-0.05, 0) is 30.5 Å². The van der Waals surface area contributed by atoms with E-state index < -0.39 is 0 Å². The largest absolute Gasteiger partial charge is 0.351 e. The van der Waals surface area contributed by atoms with Gasteiger partial charge in [-0.15, -0.1) is 12.4 Å². The minimum Gasteiger partial charge on any atom is -0.351 e. The summed E-state index contributed by atoms with van der Waals surface area (Å²) < 4.78 is 0. The maximum atomic E-state index is 12.2. The van der Waals surface area contributed by atoms with Gasteiger partial charge in [0, 0.05) is 38.1 Å². The van der Waals surface area contributed by atoms with Gasteiger partial charge in [0.15, 0.2) is 0 Å². The zero-order chi connectivity index (χ0) is 16.1. The van der Waals surface area contributed by atoms with Crippen molar-refractivity contribution in [3.8, 4) is 0 Å². The van der Waals surface area contributed by atoms with E-state index in [4.69, 9.17) is 0 Å². The van der Waals surface area contributed by atoms with Crippen LogP contribution in [0.2, 0.25) is 0 Å². The highest BCUT2D eigenvalue weighted by Gasteiger charge is 2.11. The molecule has 1 saturated heterocycles. The number of halogens is 1. The van der Waals surface area contributed by atoms with E-state index in [1.54, 1.807) is 12.1 Å². The number of amides is 1. The number of H-pyrrole nitrogens is 1. The maximum Gasteiger partial charge on any atom is 0.267 e. The van der Waals surface area contributed by atoms with Crippen LogP contribution in [-0.4, -0.2) is 55.1 Å². The molecule has 2 heterocycles. The number of pyridine rings is 1. The summed E-state index contributed by atoms with van der Waals surface area (Å²) in [5.74, 6) is -0.229. The molecule has 0 saturated carbocycles. The van der Waals surface area contributed by atoms with Crippen LogP contribution in [-0.2, 0) is 0 Å². The number of carbonyl (C=O) groups excluding carboxylic acids is 1. The fourth-order valence-corrected chi connectivity index (χ4v) is 2.87. The van der Waals surface area contributed by atoms with Crippen LogP contribution in [0.5, 0.6) is 0 Å². The molecule has 1 aromatic heterocycles. The van der Waals surface area contributed by atoms with Crippen LogP contribution in [0.4, 0.5) is 0 Å². The lowest BCUT2D eigenvalue weighted by Gasteiger charge is -2.27. The van der Waals surface area contributed by atoms with Gasteiger partial charge in [0.25, 0.3) is 11.5 Å². The Kier molecular flexibility index (Phi) is 6.78. The molecule has 0 unspecified atom stereocenters. The lowest BCUT2D eigenvalue weighted by atomic mass is 10.1. The van der Waals surface area contributed by atoms with Crippen molar-refractivity contribution in [2.24, 2.45) is 0 Å². The van der Waals surface area contributed by atoms with Crippen LogP contribution < -0.4 is 16.2 Å². The summed E-state index contributed by atoms with van der Waals surface area (Å²) in [5, 5.41) is 7.58. The second-order valence-corrected chi connectivity index (χ2v) is 5.80. The van der Waals surface area contributed by atoms with Gasteiger partial charge in [-0.2, -0.15) is 0 Å². The molecule has 1 amide bonds. The summed E-state index contributed by atoms with van der Waals surface area (Å²) in [4.78, 5) is 29.2. The monoisotopic (exact) mass is 350 g/mol. The lowest BCUT2D eigenvalue weighted by Crippen LogP contribution is -2.44. The van der Waals surface area contributed by atoms with Crippen LogP contribution >= 0.6 is 12.4 Å². The molecule has 6 nitrogen and oxygen atoms in total. The molecule has 130 valence electrons. The van der Waals surface area contributed by atoms with E-state index >= 15 is 0 Å². The molecule has 0 spiro atoms. The van der Waals surface area contributed by atoms with Crippen molar-refractivity contribution in [1.82, 2.24) is 20.5 Å². The molecule has 24 heavy (non-hydrogen) atoms. The molecule has 1 fully saturated rings.